The molecule has 0 aromatic heterocycles. The Morgan fingerprint density at radius 3 is 2.67 bits per heavy atom. The number of halogens is 1. The largest absolute Gasteiger partial charge is 0.462 e. The van der Waals surface area contributed by atoms with Crippen LogP contribution in [0.15, 0.2) is 12.1 Å². The van der Waals surface area contributed by atoms with Gasteiger partial charge in [0.15, 0.2) is 0 Å². The smallest absolute Gasteiger partial charge is 0.340 e. The van der Waals surface area contributed by atoms with Gasteiger partial charge in [-0.05, 0) is 50.7 Å². The summed E-state index contributed by atoms with van der Waals surface area (Å²) in [4.78, 5) is 12.1. The first-order valence-electron chi connectivity index (χ1n) is 7.54. The zero-order chi connectivity index (χ0) is 15.4. The van der Waals surface area contributed by atoms with Crippen molar-refractivity contribution in [3.63, 3.8) is 0 Å². The molecule has 0 atom stereocenters. The van der Waals surface area contributed by atoms with Crippen LogP contribution in [0.2, 0.25) is 5.02 Å². The fraction of sp³-hybridized carbons (Fsp3) is 0.562. The van der Waals surface area contributed by atoms with Gasteiger partial charge in [0.2, 0.25) is 0 Å². The van der Waals surface area contributed by atoms with Crippen LogP contribution in [0.5, 0.6) is 0 Å². The Hall–Kier alpha value is -1.42. The number of ether oxygens (including phenoxy) is 1. The van der Waals surface area contributed by atoms with Gasteiger partial charge in [-0.3, -0.25) is 0 Å². The fourth-order valence-electron chi connectivity index (χ4n) is 2.75. The van der Waals surface area contributed by atoms with E-state index in [-0.39, 0.29) is 0 Å². The van der Waals surface area contributed by atoms with Crippen molar-refractivity contribution in [3.05, 3.63) is 22.7 Å². The number of anilines is 2. The van der Waals surface area contributed by atoms with Crippen LogP contribution in [-0.2, 0) is 4.74 Å². The van der Waals surface area contributed by atoms with E-state index in [4.69, 9.17) is 22.1 Å². The molecule has 1 aliphatic carbocycles. The molecule has 0 radical (unpaired) electrons. The van der Waals surface area contributed by atoms with Gasteiger partial charge in [-0.15, -0.1) is 0 Å². The van der Waals surface area contributed by atoms with Gasteiger partial charge >= 0.3 is 5.97 Å². The number of benzene rings is 1. The number of carbonyl (C=O) groups is 1. The Bertz CT molecular complexity index is 511. The standard InChI is InChI=1S/C16H23ClN2O2/c1-3-21-16(20)13-8-11(18)9-14(17)15(13)19-12-6-4-10(2)5-7-12/h8-10,12,19H,3-7,18H2,1-2H3. The highest BCUT2D eigenvalue weighted by atomic mass is 35.5. The average Bonchev–Trinajstić information content (AvgIpc) is 2.44. The summed E-state index contributed by atoms with van der Waals surface area (Å²) in [6.07, 6.45) is 4.56. The molecule has 21 heavy (non-hydrogen) atoms. The molecular formula is C16H23ClN2O2. The van der Waals surface area contributed by atoms with Gasteiger partial charge in [0.1, 0.15) is 0 Å². The maximum absolute atomic E-state index is 12.1. The van der Waals surface area contributed by atoms with E-state index in [0.29, 0.717) is 34.6 Å². The normalized spacial score (nSPS) is 21.9. The van der Waals surface area contributed by atoms with Crippen molar-refractivity contribution >= 4 is 28.9 Å². The Balaban J connectivity index is 2.22. The van der Waals surface area contributed by atoms with Crippen molar-refractivity contribution in [2.45, 2.75) is 45.6 Å². The van der Waals surface area contributed by atoms with Crippen molar-refractivity contribution < 1.29 is 9.53 Å². The highest BCUT2D eigenvalue weighted by Gasteiger charge is 2.22. The number of hydrogen-bond donors (Lipinski definition) is 2. The van der Waals surface area contributed by atoms with Crippen molar-refractivity contribution in [2.24, 2.45) is 5.92 Å². The fourth-order valence-corrected chi connectivity index (χ4v) is 3.04. The Morgan fingerprint density at radius 1 is 1.38 bits per heavy atom. The van der Waals surface area contributed by atoms with Crippen LogP contribution >= 0.6 is 11.6 Å². The molecule has 0 aliphatic heterocycles. The molecule has 1 saturated carbocycles. The van der Waals surface area contributed by atoms with E-state index in [0.717, 1.165) is 18.8 Å². The van der Waals surface area contributed by atoms with E-state index in [1.165, 1.54) is 12.8 Å². The van der Waals surface area contributed by atoms with Crippen molar-refractivity contribution in [2.75, 3.05) is 17.7 Å². The lowest BCUT2D eigenvalue weighted by Gasteiger charge is -2.28. The number of nitrogens with two attached hydrogens (primary N) is 1. The van der Waals surface area contributed by atoms with Gasteiger partial charge in [0.05, 0.1) is 22.9 Å². The molecule has 116 valence electrons. The number of esters is 1. The van der Waals surface area contributed by atoms with E-state index >= 15 is 0 Å². The van der Waals surface area contributed by atoms with Crippen LogP contribution in [0.25, 0.3) is 0 Å². The molecule has 4 nitrogen and oxygen atoms in total. The molecule has 1 fully saturated rings. The molecule has 3 N–H and O–H groups in total. The van der Waals surface area contributed by atoms with Gasteiger partial charge in [-0.25, -0.2) is 4.79 Å². The minimum Gasteiger partial charge on any atom is -0.462 e. The molecule has 0 heterocycles. The van der Waals surface area contributed by atoms with Gasteiger partial charge in [0.25, 0.3) is 0 Å². The number of rotatable bonds is 4. The number of nitrogens with one attached hydrogen (secondary N) is 1. The topological polar surface area (TPSA) is 64.3 Å². The van der Waals surface area contributed by atoms with E-state index in [1.54, 1.807) is 19.1 Å². The summed E-state index contributed by atoms with van der Waals surface area (Å²) in [7, 11) is 0. The molecule has 1 aliphatic rings. The van der Waals surface area contributed by atoms with E-state index in [2.05, 4.69) is 12.2 Å². The third kappa shape index (κ3) is 4.03. The summed E-state index contributed by atoms with van der Waals surface area (Å²) in [5, 5.41) is 3.89. The van der Waals surface area contributed by atoms with Crippen LogP contribution in [0.3, 0.4) is 0 Å². The first-order chi connectivity index (χ1) is 10.0. The second-order valence-electron chi connectivity index (χ2n) is 5.75. The molecule has 5 heteroatoms. The van der Waals surface area contributed by atoms with Gasteiger partial charge in [-0.2, -0.15) is 0 Å². The highest BCUT2D eigenvalue weighted by Crippen LogP contribution is 2.33. The van der Waals surface area contributed by atoms with Gasteiger partial charge in [0, 0.05) is 11.7 Å². The minimum atomic E-state index is -0.390. The molecule has 0 spiro atoms. The number of carbonyl (C=O) groups excluding carboxylic acids is 1. The summed E-state index contributed by atoms with van der Waals surface area (Å²) in [5.41, 5.74) is 7.32. The average molecular weight is 311 g/mol. The lowest BCUT2D eigenvalue weighted by atomic mass is 9.87. The molecule has 0 amide bonds. The van der Waals surface area contributed by atoms with Crippen molar-refractivity contribution in [3.8, 4) is 0 Å². The predicted molar refractivity (Wildman–Crippen MR) is 86.9 cm³/mol. The first kappa shape index (κ1) is 16.0. The van der Waals surface area contributed by atoms with E-state index in [9.17, 15) is 4.79 Å². The Kier molecular flexibility index (Phi) is 5.34. The minimum absolute atomic E-state index is 0.325. The van der Waals surface area contributed by atoms with Crippen LogP contribution in [-0.4, -0.2) is 18.6 Å². The lowest BCUT2D eigenvalue weighted by molar-refractivity contribution is 0.0527. The highest BCUT2D eigenvalue weighted by molar-refractivity contribution is 6.34. The number of nitrogen functional groups attached to an aromatic ring is 1. The maximum atomic E-state index is 12.1. The van der Waals surface area contributed by atoms with E-state index in [1.807, 2.05) is 0 Å². The zero-order valence-corrected chi connectivity index (χ0v) is 13.4. The summed E-state index contributed by atoms with van der Waals surface area (Å²) < 4.78 is 5.09. The molecular weight excluding hydrogens is 288 g/mol. The van der Waals surface area contributed by atoms with Crippen LogP contribution < -0.4 is 11.1 Å². The first-order valence-corrected chi connectivity index (χ1v) is 7.91. The maximum Gasteiger partial charge on any atom is 0.340 e. The molecule has 2 rings (SSSR count). The number of hydrogen-bond acceptors (Lipinski definition) is 4. The third-order valence-electron chi connectivity index (χ3n) is 3.97. The molecule has 0 bridgehead atoms. The monoisotopic (exact) mass is 310 g/mol. The second-order valence-corrected chi connectivity index (χ2v) is 6.15. The predicted octanol–water partition coefficient (Wildman–Crippen LogP) is 4.09. The molecule has 0 unspecified atom stereocenters. The Labute approximate surface area is 131 Å². The molecule has 0 saturated heterocycles. The van der Waals surface area contributed by atoms with Crippen LogP contribution in [0.4, 0.5) is 11.4 Å². The van der Waals surface area contributed by atoms with E-state index < -0.39 is 5.97 Å². The quantitative estimate of drug-likeness (QED) is 0.649. The van der Waals surface area contributed by atoms with Crippen molar-refractivity contribution in [1.29, 1.82) is 0 Å². The SMILES string of the molecule is CCOC(=O)c1cc(N)cc(Cl)c1NC1CCC(C)CC1. The molecule has 1 aromatic rings. The summed E-state index contributed by atoms with van der Waals surface area (Å²) >= 11 is 6.28. The van der Waals surface area contributed by atoms with Crippen LogP contribution in [0, 0.1) is 5.92 Å². The lowest BCUT2D eigenvalue weighted by Crippen LogP contribution is -2.26. The summed E-state index contributed by atoms with van der Waals surface area (Å²) in [6, 6.07) is 3.63. The van der Waals surface area contributed by atoms with Gasteiger partial charge < -0.3 is 15.8 Å². The summed E-state index contributed by atoms with van der Waals surface area (Å²) in [6.45, 7) is 4.38. The Morgan fingerprint density at radius 2 is 2.05 bits per heavy atom. The zero-order valence-electron chi connectivity index (χ0n) is 12.6. The second kappa shape index (κ2) is 7.03. The van der Waals surface area contributed by atoms with Crippen LogP contribution in [0.1, 0.15) is 49.9 Å². The van der Waals surface area contributed by atoms with Crippen molar-refractivity contribution in [1.82, 2.24) is 0 Å². The van der Waals surface area contributed by atoms with Gasteiger partial charge in [-0.1, -0.05) is 18.5 Å². The summed E-state index contributed by atoms with van der Waals surface area (Å²) in [5.74, 6) is 0.382. The third-order valence-corrected chi connectivity index (χ3v) is 4.27. The molecule has 1 aromatic carbocycles.